The molecule has 6 heteroatoms. The van der Waals surface area contributed by atoms with E-state index in [1.54, 1.807) is 6.08 Å². The highest BCUT2D eigenvalue weighted by molar-refractivity contribution is 5.82. The second kappa shape index (κ2) is 7.26. The van der Waals surface area contributed by atoms with Gasteiger partial charge in [0, 0.05) is 13.1 Å². The van der Waals surface area contributed by atoms with E-state index < -0.39 is 5.97 Å². The zero-order valence-electron chi connectivity index (χ0n) is 7.87. The van der Waals surface area contributed by atoms with Crippen molar-refractivity contribution >= 4 is 11.9 Å². The summed E-state index contributed by atoms with van der Waals surface area (Å²) in [6.07, 6.45) is 2.88. The topological polar surface area (TPSA) is 119 Å². The predicted molar refractivity (Wildman–Crippen MR) is 45.4 cm³/mol. The molecular weight excluding hydrogens is 176 g/mol. The normalized spacial score (nSPS) is 18.0. The maximum atomic E-state index is 8.89. The van der Waals surface area contributed by atoms with Crippen LogP contribution in [0.1, 0.15) is 6.92 Å². The van der Waals surface area contributed by atoms with Crippen LogP contribution >= 0.6 is 0 Å². The van der Waals surface area contributed by atoms with Crippen LogP contribution in [-0.4, -0.2) is 25.1 Å². The van der Waals surface area contributed by atoms with Gasteiger partial charge in [0.15, 0.2) is 6.10 Å². The smallest absolute Gasteiger partial charge is 0.219 e. The largest absolute Gasteiger partial charge is 0.550 e. The quantitative estimate of drug-likeness (QED) is 0.587. The van der Waals surface area contributed by atoms with E-state index in [2.05, 4.69) is 4.74 Å². The number of rotatable bonds is 1. The van der Waals surface area contributed by atoms with Crippen molar-refractivity contribution in [3.05, 3.63) is 12.3 Å². The van der Waals surface area contributed by atoms with Crippen LogP contribution in [0.15, 0.2) is 12.3 Å². The minimum Gasteiger partial charge on any atom is -0.550 e. The second-order valence-corrected chi connectivity index (χ2v) is 1.96. The molecule has 5 N–H and O–H groups in total. The summed E-state index contributed by atoms with van der Waals surface area (Å²) >= 11 is 0. The number of quaternary nitrogens is 1. The summed E-state index contributed by atoms with van der Waals surface area (Å²) in [4.78, 5) is 8.89. The van der Waals surface area contributed by atoms with E-state index in [1.165, 1.54) is 13.4 Å². The minimum atomic E-state index is -1.08. The lowest BCUT2D eigenvalue weighted by molar-refractivity contribution is -0.302. The average Bonchev–Trinajstić information content (AvgIpc) is 2.33. The summed E-state index contributed by atoms with van der Waals surface area (Å²) in [5, 5.41) is 15.9. The maximum Gasteiger partial charge on any atom is 0.219 e. The van der Waals surface area contributed by atoms with Crippen LogP contribution in [-0.2, 0) is 14.3 Å². The second-order valence-electron chi connectivity index (χ2n) is 1.96. The van der Waals surface area contributed by atoms with E-state index in [4.69, 9.17) is 20.0 Å². The average molecular weight is 190 g/mol. The molecule has 1 unspecified atom stereocenters. The Kier molecular flexibility index (Phi) is 7.90. The number of carboxylic acid groups (broad SMARTS) is 1. The van der Waals surface area contributed by atoms with E-state index in [9.17, 15) is 0 Å². The van der Waals surface area contributed by atoms with Gasteiger partial charge in [0.2, 0.25) is 5.90 Å². The maximum absolute atomic E-state index is 8.89. The van der Waals surface area contributed by atoms with Crippen molar-refractivity contribution in [2.24, 2.45) is 0 Å². The highest BCUT2D eigenvalue weighted by Crippen LogP contribution is 2.04. The van der Waals surface area contributed by atoms with Crippen molar-refractivity contribution in [2.75, 3.05) is 7.11 Å². The van der Waals surface area contributed by atoms with E-state index in [1.807, 2.05) is 0 Å². The van der Waals surface area contributed by atoms with Gasteiger partial charge < -0.3 is 25.5 Å². The monoisotopic (exact) mass is 190 g/mol. The van der Waals surface area contributed by atoms with E-state index in [-0.39, 0.29) is 18.2 Å². The van der Waals surface area contributed by atoms with Crippen LogP contribution in [0.25, 0.3) is 0 Å². The summed E-state index contributed by atoms with van der Waals surface area (Å²) < 4.78 is 9.42. The van der Waals surface area contributed by atoms with Crippen molar-refractivity contribution < 1.29 is 19.4 Å². The molecule has 0 aromatic carbocycles. The zero-order valence-corrected chi connectivity index (χ0v) is 7.87. The molecule has 0 bridgehead atoms. The van der Waals surface area contributed by atoms with Crippen LogP contribution < -0.4 is 11.3 Å². The SMILES string of the molecule is CC(=O)[O-].COC1C=COC1=N.[NH4+]. The van der Waals surface area contributed by atoms with Crippen LogP contribution in [0.4, 0.5) is 0 Å². The minimum absolute atomic E-state index is 0. The molecule has 0 radical (unpaired) electrons. The number of hydrogen-bond donors (Lipinski definition) is 2. The zero-order chi connectivity index (χ0) is 9.56. The molecule has 1 aliphatic rings. The first-order valence-electron chi connectivity index (χ1n) is 3.20. The molecule has 13 heavy (non-hydrogen) atoms. The number of nitrogens with one attached hydrogen (secondary N) is 1. The molecular formula is C7H14N2O4. The van der Waals surface area contributed by atoms with Crippen LogP contribution in [0.5, 0.6) is 0 Å². The molecule has 1 atom stereocenters. The fourth-order valence-electron chi connectivity index (χ4n) is 0.524. The summed E-state index contributed by atoms with van der Waals surface area (Å²) in [7, 11) is 1.54. The molecule has 1 heterocycles. The first-order valence-corrected chi connectivity index (χ1v) is 3.20. The summed E-state index contributed by atoms with van der Waals surface area (Å²) in [5.74, 6) is -0.924. The molecule has 0 saturated carbocycles. The number of carboxylic acids is 1. The van der Waals surface area contributed by atoms with Gasteiger partial charge in [0.25, 0.3) is 0 Å². The molecule has 0 spiro atoms. The highest BCUT2D eigenvalue weighted by atomic mass is 16.5. The van der Waals surface area contributed by atoms with Crippen LogP contribution in [0.2, 0.25) is 0 Å². The third-order valence-corrected chi connectivity index (χ3v) is 0.961. The Morgan fingerprint density at radius 3 is 2.38 bits per heavy atom. The fourth-order valence-corrected chi connectivity index (χ4v) is 0.524. The standard InChI is InChI=1S/C5H7NO2.C2H4O2.H3N/c1-7-4-2-3-8-5(4)6;1-2(3)4;/h2-4,6H,1H3;1H3,(H,3,4);1H3. The van der Waals surface area contributed by atoms with Crippen molar-refractivity contribution in [3.8, 4) is 0 Å². The first-order chi connectivity index (χ1) is 5.57. The molecule has 0 amide bonds. The van der Waals surface area contributed by atoms with Gasteiger partial charge in [-0.1, -0.05) is 0 Å². The molecule has 0 saturated heterocycles. The van der Waals surface area contributed by atoms with Gasteiger partial charge in [0.05, 0.1) is 6.26 Å². The lowest BCUT2D eigenvalue weighted by atomic mass is 10.4. The van der Waals surface area contributed by atoms with Gasteiger partial charge in [0.1, 0.15) is 0 Å². The van der Waals surface area contributed by atoms with Gasteiger partial charge in [-0.3, -0.25) is 5.41 Å². The van der Waals surface area contributed by atoms with Gasteiger partial charge in [-0.15, -0.1) is 0 Å². The molecule has 0 aliphatic carbocycles. The van der Waals surface area contributed by atoms with Crippen molar-refractivity contribution in [1.82, 2.24) is 6.15 Å². The van der Waals surface area contributed by atoms with Gasteiger partial charge in [-0.05, 0) is 13.0 Å². The van der Waals surface area contributed by atoms with Gasteiger partial charge in [-0.2, -0.15) is 0 Å². The van der Waals surface area contributed by atoms with E-state index >= 15 is 0 Å². The number of carbonyl (C=O) groups excluding carboxylic acids is 1. The number of ether oxygens (including phenoxy) is 2. The third-order valence-electron chi connectivity index (χ3n) is 0.961. The number of carbonyl (C=O) groups is 1. The Balaban J connectivity index is 0. The van der Waals surface area contributed by atoms with Crippen molar-refractivity contribution in [2.45, 2.75) is 13.0 Å². The lowest BCUT2D eigenvalue weighted by Gasteiger charge is -2.01. The molecule has 1 aliphatic heterocycles. The van der Waals surface area contributed by atoms with Crippen molar-refractivity contribution in [3.63, 3.8) is 0 Å². The van der Waals surface area contributed by atoms with Gasteiger partial charge in [-0.25, -0.2) is 0 Å². The number of methoxy groups -OCH3 is 1. The van der Waals surface area contributed by atoms with E-state index in [0.717, 1.165) is 6.92 Å². The first kappa shape index (κ1) is 14.1. The predicted octanol–water partition coefficient (Wildman–Crippen LogP) is -0.345. The number of hydrogen-bond acceptors (Lipinski definition) is 5. The Morgan fingerprint density at radius 2 is 2.23 bits per heavy atom. The Morgan fingerprint density at radius 1 is 1.77 bits per heavy atom. The van der Waals surface area contributed by atoms with Crippen molar-refractivity contribution in [1.29, 1.82) is 5.41 Å². The number of aliphatic carboxylic acids is 1. The Hall–Kier alpha value is -1.40. The molecule has 0 aromatic heterocycles. The molecule has 0 fully saturated rings. The summed E-state index contributed by atoms with van der Waals surface area (Å²) in [5.41, 5.74) is 0. The Bertz CT molecular complexity index is 199. The molecule has 6 nitrogen and oxygen atoms in total. The molecule has 1 rings (SSSR count). The van der Waals surface area contributed by atoms with Crippen LogP contribution in [0, 0.1) is 5.41 Å². The molecule has 76 valence electrons. The lowest BCUT2D eigenvalue weighted by Crippen LogP contribution is -2.16. The summed E-state index contributed by atoms with van der Waals surface area (Å²) in [6, 6.07) is 0. The van der Waals surface area contributed by atoms with Crippen LogP contribution in [0.3, 0.4) is 0 Å². The Labute approximate surface area is 76.2 Å². The third kappa shape index (κ3) is 6.98. The highest BCUT2D eigenvalue weighted by Gasteiger charge is 2.15. The fraction of sp³-hybridized carbons (Fsp3) is 0.429. The summed E-state index contributed by atoms with van der Waals surface area (Å²) in [6.45, 7) is 0.972. The van der Waals surface area contributed by atoms with Gasteiger partial charge >= 0.3 is 0 Å². The van der Waals surface area contributed by atoms with E-state index in [0.29, 0.717) is 0 Å². The molecule has 0 aromatic rings.